The van der Waals surface area contributed by atoms with E-state index in [2.05, 4.69) is 11.2 Å². The summed E-state index contributed by atoms with van der Waals surface area (Å²) in [5.74, 6) is -1.09. The molecule has 0 spiro atoms. The van der Waals surface area contributed by atoms with Crippen molar-refractivity contribution >= 4 is 16.7 Å². The van der Waals surface area contributed by atoms with Crippen LogP contribution in [0.5, 0.6) is 0 Å². The molecule has 0 saturated carbocycles. The van der Waals surface area contributed by atoms with Gasteiger partial charge in [-0.3, -0.25) is 9.48 Å². The van der Waals surface area contributed by atoms with Gasteiger partial charge in [-0.15, -0.1) is 0 Å². The van der Waals surface area contributed by atoms with Crippen LogP contribution < -0.4 is 0 Å². The van der Waals surface area contributed by atoms with Gasteiger partial charge in [0.15, 0.2) is 0 Å². The summed E-state index contributed by atoms with van der Waals surface area (Å²) >= 11 is 0. The monoisotopic (exact) mass is 275 g/mol. The third kappa shape index (κ3) is 2.19. The van der Waals surface area contributed by atoms with Crippen molar-refractivity contribution in [1.29, 1.82) is 5.26 Å². The van der Waals surface area contributed by atoms with Gasteiger partial charge in [0.1, 0.15) is 11.6 Å². The number of aromatic nitrogens is 2. The molecule has 0 aliphatic rings. The maximum atomic E-state index is 12.7. The van der Waals surface area contributed by atoms with Crippen molar-refractivity contribution in [2.24, 2.45) is 7.05 Å². The summed E-state index contributed by atoms with van der Waals surface area (Å²) in [5.41, 5.74) is 1.92. The van der Waals surface area contributed by atoms with Crippen LogP contribution in [-0.4, -0.2) is 15.6 Å². The standard InChI is InChI=1S/C17H13N3O/c1-20-15-10-6-5-9-13(15)16(19-20)17(21)14(11-18)12-7-3-2-4-8-12/h2-10,14H,1H3/t14-/m1/s1. The van der Waals surface area contributed by atoms with Crippen LogP contribution in [0.4, 0.5) is 0 Å². The molecule has 4 nitrogen and oxygen atoms in total. The molecule has 0 aliphatic heterocycles. The molecule has 0 fully saturated rings. The second-order valence-electron chi connectivity index (χ2n) is 4.83. The predicted octanol–water partition coefficient (Wildman–Crippen LogP) is 3.06. The highest BCUT2D eigenvalue weighted by Crippen LogP contribution is 2.24. The molecule has 1 atom stereocenters. The topological polar surface area (TPSA) is 58.7 Å². The SMILES string of the molecule is Cn1nc(C(=O)[C@H](C#N)c2ccccc2)c2ccccc21. The first-order valence-corrected chi connectivity index (χ1v) is 6.63. The van der Waals surface area contributed by atoms with Crippen molar-refractivity contribution in [3.05, 3.63) is 65.9 Å². The number of hydrogen-bond donors (Lipinski definition) is 0. The van der Waals surface area contributed by atoms with Gasteiger partial charge in [-0.25, -0.2) is 0 Å². The van der Waals surface area contributed by atoms with E-state index in [4.69, 9.17) is 0 Å². The van der Waals surface area contributed by atoms with E-state index in [-0.39, 0.29) is 5.78 Å². The van der Waals surface area contributed by atoms with Crippen LogP contribution in [-0.2, 0) is 7.05 Å². The second-order valence-corrected chi connectivity index (χ2v) is 4.83. The number of Topliss-reactive ketones (excluding diaryl/α,β-unsaturated/α-hetero) is 1. The average molecular weight is 275 g/mol. The lowest BCUT2D eigenvalue weighted by atomic mass is 9.93. The fourth-order valence-electron chi connectivity index (χ4n) is 2.46. The smallest absolute Gasteiger partial charge is 0.205 e. The maximum absolute atomic E-state index is 12.7. The van der Waals surface area contributed by atoms with Gasteiger partial charge in [0.05, 0.1) is 11.6 Å². The third-order valence-electron chi connectivity index (χ3n) is 3.52. The number of nitrogens with zero attached hydrogens (tertiary/aromatic N) is 3. The first-order valence-electron chi connectivity index (χ1n) is 6.63. The van der Waals surface area contributed by atoms with E-state index < -0.39 is 5.92 Å². The molecule has 1 aromatic heterocycles. The lowest BCUT2D eigenvalue weighted by molar-refractivity contribution is 0.0975. The van der Waals surface area contributed by atoms with Crippen LogP contribution in [0.3, 0.4) is 0 Å². The highest BCUT2D eigenvalue weighted by molar-refractivity contribution is 6.10. The molecular formula is C17H13N3O. The molecule has 0 aliphatic carbocycles. The molecule has 0 saturated heterocycles. The number of benzene rings is 2. The predicted molar refractivity (Wildman–Crippen MR) is 79.8 cm³/mol. The summed E-state index contributed by atoms with van der Waals surface area (Å²) in [6.45, 7) is 0. The second kappa shape index (κ2) is 5.22. The normalized spacial score (nSPS) is 12.0. The lowest BCUT2D eigenvalue weighted by Crippen LogP contribution is -2.12. The van der Waals surface area contributed by atoms with Crippen molar-refractivity contribution in [3.8, 4) is 6.07 Å². The van der Waals surface area contributed by atoms with E-state index in [9.17, 15) is 10.1 Å². The minimum absolute atomic E-state index is 0.263. The highest BCUT2D eigenvalue weighted by atomic mass is 16.1. The van der Waals surface area contributed by atoms with Crippen LogP contribution in [0.15, 0.2) is 54.6 Å². The number of rotatable bonds is 3. The van der Waals surface area contributed by atoms with Gasteiger partial charge in [-0.05, 0) is 11.6 Å². The number of para-hydroxylation sites is 1. The molecule has 0 amide bonds. The minimum atomic E-state index is -0.829. The van der Waals surface area contributed by atoms with Crippen LogP contribution in [0.2, 0.25) is 0 Å². The van der Waals surface area contributed by atoms with Crippen LogP contribution in [0, 0.1) is 11.3 Å². The summed E-state index contributed by atoms with van der Waals surface area (Å²) in [7, 11) is 1.79. The van der Waals surface area contributed by atoms with Gasteiger partial charge in [-0.2, -0.15) is 10.4 Å². The van der Waals surface area contributed by atoms with Gasteiger partial charge in [0.2, 0.25) is 5.78 Å². The Labute approximate surface area is 122 Å². The van der Waals surface area contributed by atoms with E-state index in [0.717, 1.165) is 10.9 Å². The molecule has 0 radical (unpaired) electrons. The van der Waals surface area contributed by atoms with E-state index in [1.165, 1.54) is 0 Å². The number of carbonyl (C=O) groups excluding carboxylic acids is 1. The maximum Gasteiger partial charge on any atom is 0.205 e. The highest BCUT2D eigenvalue weighted by Gasteiger charge is 2.26. The molecule has 3 aromatic rings. The Bertz CT molecular complexity index is 843. The molecule has 0 bridgehead atoms. The molecule has 0 N–H and O–H groups in total. The number of hydrogen-bond acceptors (Lipinski definition) is 3. The molecule has 3 rings (SSSR count). The van der Waals surface area contributed by atoms with E-state index >= 15 is 0 Å². The number of nitriles is 1. The summed E-state index contributed by atoms with van der Waals surface area (Å²) in [4.78, 5) is 12.7. The summed E-state index contributed by atoms with van der Waals surface area (Å²) in [6.07, 6.45) is 0. The van der Waals surface area contributed by atoms with Crippen LogP contribution in [0.1, 0.15) is 22.0 Å². The first-order chi connectivity index (χ1) is 10.2. The molecule has 0 unspecified atom stereocenters. The molecule has 2 aromatic carbocycles. The van der Waals surface area contributed by atoms with Crippen molar-refractivity contribution in [1.82, 2.24) is 9.78 Å². The zero-order valence-corrected chi connectivity index (χ0v) is 11.5. The van der Waals surface area contributed by atoms with Crippen LogP contribution in [0.25, 0.3) is 10.9 Å². The Morgan fingerprint density at radius 1 is 1.14 bits per heavy atom. The molecular weight excluding hydrogens is 262 g/mol. The van der Waals surface area contributed by atoms with E-state index in [1.54, 1.807) is 23.9 Å². The lowest BCUT2D eigenvalue weighted by Gasteiger charge is -2.06. The van der Waals surface area contributed by atoms with Crippen molar-refractivity contribution in [3.63, 3.8) is 0 Å². The van der Waals surface area contributed by atoms with Gasteiger partial charge in [-0.1, -0.05) is 48.5 Å². The third-order valence-corrected chi connectivity index (χ3v) is 3.52. The average Bonchev–Trinajstić information content (AvgIpc) is 2.87. The zero-order valence-electron chi connectivity index (χ0n) is 11.5. The first kappa shape index (κ1) is 13.1. The largest absolute Gasteiger partial charge is 0.290 e. The minimum Gasteiger partial charge on any atom is -0.290 e. The Balaban J connectivity index is 2.10. The fraction of sp³-hybridized carbons (Fsp3) is 0.118. The summed E-state index contributed by atoms with van der Waals surface area (Å²) < 4.78 is 1.67. The van der Waals surface area contributed by atoms with Crippen molar-refractivity contribution < 1.29 is 4.79 Å². The van der Waals surface area contributed by atoms with Crippen LogP contribution >= 0.6 is 0 Å². The molecule has 1 heterocycles. The van der Waals surface area contributed by atoms with Gasteiger partial charge < -0.3 is 0 Å². The van der Waals surface area contributed by atoms with Crippen molar-refractivity contribution in [2.75, 3.05) is 0 Å². The Morgan fingerprint density at radius 2 is 1.81 bits per heavy atom. The number of ketones is 1. The Kier molecular flexibility index (Phi) is 3.25. The zero-order chi connectivity index (χ0) is 14.8. The summed E-state index contributed by atoms with van der Waals surface area (Å²) in [5, 5.41) is 14.5. The molecule has 4 heteroatoms. The number of aryl methyl sites for hydroxylation is 1. The quantitative estimate of drug-likeness (QED) is 0.690. The van der Waals surface area contributed by atoms with Crippen molar-refractivity contribution in [2.45, 2.75) is 5.92 Å². The molecule has 21 heavy (non-hydrogen) atoms. The molecule has 102 valence electrons. The van der Waals surface area contributed by atoms with E-state index in [1.807, 2.05) is 42.5 Å². The van der Waals surface area contributed by atoms with Gasteiger partial charge in [0.25, 0.3) is 0 Å². The number of fused-ring (bicyclic) bond motifs is 1. The summed E-state index contributed by atoms with van der Waals surface area (Å²) in [6, 6.07) is 18.7. The Hall–Kier alpha value is -2.93. The number of carbonyl (C=O) groups is 1. The Morgan fingerprint density at radius 3 is 2.52 bits per heavy atom. The fourth-order valence-corrected chi connectivity index (χ4v) is 2.46. The van der Waals surface area contributed by atoms with Gasteiger partial charge in [0, 0.05) is 12.4 Å². The van der Waals surface area contributed by atoms with E-state index in [0.29, 0.717) is 11.3 Å². The van der Waals surface area contributed by atoms with Gasteiger partial charge >= 0.3 is 0 Å².